The third-order valence-electron chi connectivity index (χ3n) is 6.82. The number of aliphatic imine (C=N–C) groups is 1. The fraction of sp³-hybridized carbons (Fsp3) is 0.241. The number of nitrogens with one attached hydrogen (secondary N) is 1. The zero-order valence-corrected chi connectivity index (χ0v) is 21.0. The van der Waals surface area contributed by atoms with Crippen LogP contribution in [0, 0.1) is 10.1 Å². The van der Waals surface area contributed by atoms with Crippen molar-refractivity contribution in [1.82, 2.24) is 9.88 Å². The molecule has 0 bridgehead atoms. The molecule has 0 aliphatic carbocycles. The highest BCUT2D eigenvalue weighted by Crippen LogP contribution is 2.34. The maximum Gasteiger partial charge on any atom is 0.337 e. The lowest BCUT2D eigenvalue weighted by molar-refractivity contribution is -0.384. The maximum absolute atomic E-state index is 12.0. The molecular formula is C29H28N4O5. The number of nitro groups is 1. The largest absolute Gasteiger partial charge is 0.494 e. The van der Waals surface area contributed by atoms with Crippen molar-refractivity contribution in [3.05, 3.63) is 99.1 Å². The van der Waals surface area contributed by atoms with Gasteiger partial charge in [-0.05, 0) is 61.8 Å². The molecule has 2 N–H and O–H groups in total. The fourth-order valence-electron chi connectivity index (χ4n) is 4.85. The summed E-state index contributed by atoms with van der Waals surface area (Å²) in [6.07, 6.45) is 3.75. The molecule has 0 saturated carbocycles. The van der Waals surface area contributed by atoms with Gasteiger partial charge in [0.25, 0.3) is 5.69 Å². The number of hydrogen-bond donors (Lipinski definition) is 2. The van der Waals surface area contributed by atoms with Crippen molar-refractivity contribution in [1.29, 1.82) is 0 Å². The van der Waals surface area contributed by atoms with E-state index in [4.69, 9.17) is 9.73 Å². The van der Waals surface area contributed by atoms with Crippen LogP contribution >= 0.6 is 0 Å². The van der Waals surface area contributed by atoms with Crippen molar-refractivity contribution in [2.24, 2.45) is 4.99 Å². The number of rotatable bonds is 7. The molecule has 0 amide bonds. The highest BCUT2D eigenvalue weighted by atomic mass is 16.6. The first kappa shape index (κ1) is 25.2. The van der Waals surface area contributed by atoms with Gasteiger partial charge in [-0.1, -0.05) is 30.7 Å². The third-order valence-corrected chi connectivity index (χ3v) is 6.82. The Hall–Kier alpha value is -4.50. The van der Waals surface area contributed by atoms with Gasteiger partial charge >= 0.3 is 5.97 Å². The minimum absolute atomic E-state index is 0.0970. The number of nitro benzene ring substituents is 1. The van der Waals surface area contributed by atoms with E-state index >= 15 is 0 Å². The van der Waals surface area contributed by atoms with E-state index in [-0.39, 0.29) is 11.6 Å². The monoisotopic (exact) mass is 512 g/mol. The third kappa shape index (κ3) is 5.28. The minimum atomic E-state index is -0.476. The lowest BCUT2D eigenvalue weighted by atomic mass is 9.99. The summed E-state index contributed by atoms with van der Waals surface area (Å²) in [5, 5.41) is 22.8. The number of carbonyl (C=O) groups is 1. The van der Waals surface area contributed by atoms with Crippen LogP contribution in [0.4, 0.5) is 11.4 Å². The molecule has 1 aliphatic rings. The Balaban J connectivity index is 1.58. The highest BCUT2D eigenvalue weighted by Gasteiger charge is 2.21. The van der Waals surface area contributed by atoms with Gasteiger partial charge in [0.1, 0.15) is 0 Å². The molecule has 4 aromatic rings. The molecule has 1 saturated heterocycles. The molecule has 3 aromatic carbocycles. The highest BCUT2D eigenvalue weighted by molar-refractivity contribution is 6.22. The number of ether oxygens (including phenoxy) is 1. The van der Waals surface area contributed by atoms with Crippen LogP contribution in [-0.2, 0) is 11.3 Å². The number of carbonyl (C=O) groups excluding carboxylic acids is 1. The quantitative estimate of drug-likeness (QED) is 0.141. The van der Waals surface area contributed by atoms with Crippen LogP contribution in [0.1, 0.15) is 46.3 Å². The van der Waals surface area contributed by atoms with Crippen LogP contribution in [0.15, 0.2) is 71.7 Å². The summed E-state index contributed by atoms with van der Waals surface area (Å²) in [6, 6.07) is 19.0. The Bertz CT molecular complexity index is 1500. The number of likely N-dealkylation sites (tertiary alicyclic amines) is 1. The van der Waals surface area contributed by atoms with Crippen molar-refractivity contribution in [3.63, 3.8) is 0 Å². The molecule has 9 nitrogen and oxygen atoms in total. The van der Waals surface area contributed by atoms with Crippen molar-refractivity contribution >= 4 is 34.0 Å². The van der Waals surface area contributed by atoms with Gasteiger partial charge < -0.3 is 14.8 Å². The summed E-state index contributed by atoms with van der Waals surface area (Å²) in [5.74, 6) is -0.622. The molecule has 2 heterocycles. The van der Waals surface area contributed by atoms with Gasteiger partial charge in [0.15, 0.2) is 5.88 Å². The molecule has 9 heteroatoms. The van der Waals surface area contributed by atoms with Crippen molar-refractivity contribution in [3.8, 4) is 5.88 Å². The zero-order chi connectivity index (χ0) is 26.6. The standard InChI is InChI=1S/C29H28N4O5/c1-38-29(35)21-9-7-20(8-10-21)27(26-24-17-23(33(36)37)13-14-25(24)31-28(26)34)30-22-11-5-19(6-12-22)18-32-15-3-2-4-16-32/h5-14,17,31,34H,2-4,15-16,18H2,1H3. The normalized spacial score (nSPS) is 14.5. The van der Waals surface area contributed by atoms with Crippen molar-refractivity contribution < 1.29 is 19.6 Å². The van der Waals surface area contributed by atoms with E-state index in [2.05, 4.69) is 9.88 Å². The Morgan fingerprint density at radius 2 is 1.71 bits per heavy atom. The van der Waals surface area contributed by atoms with Gasteiger partial charge in [-0.25, -0.2) is 9.79 Å². The molecule has 1 fully saturated rings. The van der Waals surface area contributed by atoms with Crippen molar-refractivity contribution in [2.75, 3.05) is 20.2 Å². The second kappa shape index (κ2) is 10.9. The van der Waals surface area contributed by atoms with Gasteiger partial charge in [0.2, 0.25) is 0 Å². The average molecular weight is 513 g/mol. The minimum Gasteiger partial charge on any atom is -0.494 e. The van der Waals surface area contributed by atoms with E-state index in [1.807, 2.05) is 24.3 Å². The Morgan fingerprint density at radius 3 is 2.37 bits per heavy atom. The molecule has 194 valence electrons. The molecule has 0 radical (unpaired) electrons. The first-order valence-corrected chi connectivity index (χ1v) is 12.5. The van der Waals surface area contributed by atoms with Crippen LogP contribution in [0.2, 0.25) is 0 Å². The van der Waals surface area contributed by atoms with E-state index in [1.54, 1.807) is 30.3 Å². The molecule has 1 aliphatic heterocycles. The number of nitrogens with zero attached hydrogens (tertiary/aromatic N) is 3. The average Bonchev–Trinajstić information content (AvgIpc) is 3.27. The number of aromatic amines is 1. The first-order valence-electron chi connectivity index (χ1n) is 12.5. The molecule has 38 heavy (non-hydrogen) atoms. The second-order valence-corrected chi connectivity index (χ2v) is 9.37. The summed E-state index contributed by atoms with van der Waals surface area (Å²) in [5.41, 5.74) is 4.05. The van der Waals surface area contributed by atoms with Crippen LogP contribution in [0.25, 0.3) is 10.9 Å². The molecular weight excluding hydrogens is 484 g/mol. The number of aromatic hydroxyl groups is 1. The summed E-state index contributed by atoms with van der Waals surface area (Å²) < 4.78 is 4.80. The molecule has 0 spiro atoms. The topological polar surface area (TPSA) is 121 Å². The predicted molar refractivity (Wildman–Crippen MR) is 145 cm³/mol. The number of piperidine rings is 1. The van der Waals surface area contributed by atoms with E-state index in [9.17, 15) is 20.0 Å². The zero-order valence-electron chi connectivity index (χ0n) is 21.0. The van der Waals surface area contributed by atoms with Gasteiger partial charge in [-0.3, -0.25) is 15.0 Å². The van der Waals surface area contributed by atoms with E-state index in [0.717, 1.165) is 19.6 Å². The van der Waals surface area contributed by atoms with Gasteiger partial charge in [-0.2, -0.15) is 0 Å². The molecule has 0 atom stereocenters. The lowest BCUT2D eigenvalue weighted by Crippen LogP contribution is -2.28. The van der Waals surface area contributed by atoms with Gasteiger partial charge in [0.05, 0.1) is 34.6 Å². The summed E-state index contributed by atoms with van der Waals surface area (Å²) >= 11 is 0. The second-order valence-electron chi connectivity index (χ2n) is 9.37. The summed E-state index contributed by atoms with van der Waals surface area (Å²) in [7, 11) is 1.31. The van der Waals surface area contributed by atoms with E-state index < -0.39 is 10.9 Å². The number of benzene rings is 3. The van der Waals surface area contributed by atoms with Crippen LogP contribution in [-0.4, -0.2) is 51.8 Å². The molecule has 5 rings (SSSR count). The number of esters is 1. The number of methoxy groups -OCH3 is 1. The van der Waals surface area contributed by atoms with Crippen LogP contribution in [0.3, 0.4) is 0 Å². The number of H-pyrrole nitrogens is 1. The predicted octanol–water partition coefficient (Wildman–Crippen LogP) is 5.72. The smallest absolute Gasteiger partial charge is 0.337 e. The van der Waals surface area contributed by atoms with E-state index in [0.29, 0.717) is 39.0 Å². The molecule has 1 aromatic heterocycles. The van der Waals surface area contributed by atoms with Crippen molar-refractivity contribution in [2.45, 2.75) is 25.8 Å². The number of hydrogen-bond acceptors (Lipinski definition) is 7. The number of fused-ring (bicyclic) bond motifs is 1. The van der Waals surface area contributed by atoms with Gasteiger partial charge in [-0.15, -0.1) is 0 Å². The first-order chi connectivity index (χ1) is 18.4. The maximum atomic E-state index is 12.0. The summed E-state index contributed by atoms with van der Waals surface area (Å²) in [6.45, 7) is 3.11. The van der Waals surface area contributed by atoms with Crippen LogP contribution in [0.5, 0.6) is 5.88 Å². The Labute approximate surface area is 219 Å². The fourth-order valence-corrected chi connectivity index (χ4v) is 4.85. The molecule has 0 unspecified atom stereocenters. The Morgan fingerprint density at radius 1 is 1.03 bits per heavy atom. The number of non-ortho nitro benzene ring substituents is 1. The van der Waals surface area contributed by atoms with Crippen LogP contribution < -0.4 is 0 Å². The number of aromatic nitrogens is 1. The summed E-state index contributed by atoms with van der Waals surface area (Å²) in [4.78, 5) is 33.2. The van der Waals surface area contributed by atoms with E-state index in [1.165, 1.54) is 44.1 Å². The Kier molecular flexibility index (Phi) is 7.19. The lowest BCUT2D eigenvalue weighted by Gasteiger charge is -2.26. The SMILES string of the molecule is COC(=O)c1ccc(C(=Nc2ccc(CN3CCCCC3)cc2)c2c(O)[nH]c3ccc([N+](=O)[O-])cc23)cc1. The van der Waals surface area contributed by atoms with Gasteiger partial charge in [0, 0.05) is 35.1 Å².